The lowest BCUT2D eigenvalue weighted by Crippen LogP contribution is -2.63. The average Bonchev–Trinajstić information content (AvgIpc) is 2.37. The van der Waals surface area contributed by atoms with Crippen LogP contribution in [0.25, 0.3) is 0 Å². The molecule has 2 rings (SSSR count). The fourth-order valence-corrected chi connectivity index (χ4v) is 3.37. The largest absolute Gasteiger partial charge is 0.405 e. The van der Waals surface area contributed by atoms with Crippen LogP contribution >= 0.6 is 0 Å². The average molecular weight is 307 g/mol. The van der Waals surface area contributed by atoms with Gasteiger partial charge >= 0.3 is 6.18 Å². The summed E-state index contributed by atoms with van der Waals surface area (Å²) in [5.41, 5.74) is 0. The van der Waals surface area contributed by atoms with Crippen molar-refractivity contribution >= 4 is 5.91 Å². The lowest BCUT2D eigenvalue weighted by molar-refractivity contribution is -0.191. The van der Waals surface area contributed by atoms with Gasteiger partial charge in [-0.15, -0.1) is 0 Å². The molecule has 4 nitrogen and oxygen atoms in total. The number of hydrogen-bond acceptors (Lipinski definition) is 3. The zero-order valence-electron chi connectivity index (χ0n) is 12.6. The molecule has 0 aromatic rings. The van der Waals surface area contributed by atoms with Crippen LogP contribution in [0.15, 0.2) is 0 Å². The molecular formula is C14H24F3N3O. The van der Waals surface area contributed by atoms with E-state index in [2.05, 4.69) is 24.1 Å². The molecule has 0 saturated carbocycles. The number of piperazine rings is 1. The number of likely N-dealkylation sites (tertiary alicyclic amines) is 1. The first-order chi connectivity index (χ1) is 9.79. The van der Waals surface area contributed by atoms with E-state index in [0.717, 1.165) is 25.8 Å². The zero-order valence-corrected chi connectivity index (χ0v) is 12.6. The van der Waals surface area contributed by atoms with Crippen LogP contribution in [0.4, 0.5) is 13.2 Å². The minimum Gasteiger partial charge on any atom is -0.353 e. The summed E-state index contributed by atoms with van der Waals surface area (Å²) in [5.74, 6) is -0.317. The van der Waals surface area contributed by atoms with E-state index in [0.29, 0.717) is 12.6 Å². The van der Waals surface area contributed by atoms with Gasteiger partial charge in [0.05, 0.1) is 6.54 Å². The number of alkyl halides is 3. The lowest BCUT2D eigenvalue weighted by atomic mass is 9.98. The standard InChI is InChI=1S/C14H24F3N3O/c1-10(2)20-6-4-3-5-11(20)8-19-9-13(21)18-7-12(19)14(15,16)17/h10-12H,3-9H2,1-2H3,(H,18,21). The molecule has 2 unspecified atom stereocenters. The molecule has 2 heterocycles. The molecule has 0 radical (unpaired) electrons. The number of halogens is 3. The minimum atomic E-state index is -4.30. The van der Waals surface area contributed by atoms with Crippen molar-refractivity contribution in [3.05, 3.63) is 0 Å². The monoisotopic (exact) mass is 307 g/mol. The fraction of sp³-hybridized carbons (Fsp3) is 0.929. The molecule has 7 heteroatoms. The van der Waals surface area contributed by atoms with E-state index in [-0.39, 0.29) is 25.0 Å². The summed E-state index contributed by atoms with van der Waals surface area (Å²) in [6, 6.07) is -1.14. The number of hydrogen-bond donors (Lipinski definition) is 1. The summed E-state index contributed by atoms with van der Waals surface area (Å²) >= 11 is 0. The molecule has 0 aromatic heterocycles. The molecule has 2 fully saturated rings. The minimum absolute atomic E-state index is 0.106. The van der Waals surface area contributed by atoms with Gasteiger partial charge in [-0.25, -0.2) is 0 Å². The maximum absolute atomic E-state index is 13.1. The zero-order chi connectivity index (χ0) is 15.6. The number of nitrogens with one attached hydrogen (secondary N) is 1. The predicted molar refractivity (Wildman–Crippen MR) is 73.9 cm³/mol. The molecule has 1 N–H and O–H groups in total. The van der Waals surface area contributed by atoms with Gasteiger partial charge in [-0.1, -0.05) is 6.42 Å². The molecule has 1 amide bonds. The summed E-state index contributed by atoms with van der Waals surface area (Å²) in [4.78, 5) is 15.0. The molecule has 21 heavy (non-hydrogen) atoms. The first-order valence-corrected chi connectivity index (χ1v) is 7.62. The Morgan fingerprint density at radius 1 is 1.33 bits per heavy atom. The topological polar surface area (TPSA) is 35.6 Å². The van der Waals surface area contributed by atoms with Gasteiger partial charge < -0.3 is 5.32 Å². The summed E-state index contributed by atoms with van der Waals surface area (Å²) in [7, 11) is 0. The van der Waals surface area contributed by atoms with Crippen LogP contribution in [0.3, 0.4) is 0 Å². The number of rotatable bonds is 3. The van der Waals surface area contributed by atoms with Crippen molar-refractivity contribution in [3.63, 3.8) is 0 Å². The third-order valence-electron chi connectivity index (χ3n) is 4.44. The highest BCUT2D eigenvalue weighted by atomic mass is 19.4. The van der Waals surface area contributed by atoms with Gasteiger partial charge in [-0.05, 0) is 33.2 Å². The fourth-order valence-electron chi connectivity index (χ4n) is 3.37. The molecule has 2 atom stereocenters. The number of piperidine rings is 1. The molecule has 122 valence electrons. The molecule has 0 aromatic carbocycles. The van der Waals surface area contributed by atoms with Crippen LogP contribution in [0, 0.1) is 0 Å². The van der Waals surface area contributed by atoms with Crippen molar-refractivity contribution in [2.24, 2.45) is 0 Å². The van der Waals surface area contributed by atoms with Gasteiger partial charge in [-0.3, -0.25) is 14.6 Å². The van der Waals surface area contributed by atoms with E-state index < -0.39 is 12.2 Å². The van der Waals surface area contributed by atoms with Crippen LogP contribution in [0.5, 0.6) is 0 Å². The molecule has 0 aliphatic carbocycles. The van der Waals surface area contributed by atoms with Crippen LogP contribution in [0.1, 0.15) is 33.1 Å². The number of amides is 1. The second-order valence-electron chi connectivity index (χ2n) is 6.27. The van der Waals surface area contributed by atoms with Gasteiger partial charge in [0, 0.05) is 25.2 Å². The second-order valence-corrected chi connectivity index (χ2v) is 6.27. The van der Waals surface area contributed by atoms with E-state index in [4.69, 9.17) is 0 Å². The van der Waals surface area contributed by atoms with E-state index >= 15 is 0 Å². The Morgan fingerprint density at radius 3 is 2.67 bits per heavy atom. The van der Waals surface area contributed by atoms with Gasteiger partial charge in [-0.2, -0.15) is 13.2 Å². The molecule has 0 bridgehead atoms. The van der Waals surface area contributed by atoms with Gasteiger partial charge in [0.1, 0.15) is 6.04 Å². The summed E-state index contributed by atoms with van der Waals surface area (Å²) in [6.07, 6.45) is -1.26. The van der Waals surface area contributed by atoms with Crippen molar-refractivity contribution in [2.45, 2.75) is 57.4 Å². The Bertz CT molecular complexity index is 373. The highest BCUT2D eigenvalue weighted by Crippen LogP contribution is 2.28. The van der Waals surface area contributed by atoms with Gasteiger partial charge in [0.15, 0.2) is 0 Å². The Balaban J connectivity index is 2.07. The van der Waals surface area contributed by atoms with Crippen LogP contribution in [0.2, 0.25) is 0 Å². The normalized spacial score (nSPS) is 29.7. The third-order valence-corrected chi connectivity index (χ3v) is 4.44. The van der Waals surface area contributed by atoms with Crippen molar-refractivity contribution < 1.29 is 18.0 Å². The van der Waals surface area contributed by atoms with Gasteiger partial charge in [0.2, 0.25) is 5.91 Å². The van der Waals surface area contributed by atoms with Crippen LogP contribution < -0.4 is 5.32 Å². The third kappa shape index (κ3) is 4.10. The summed E-state index contributed by atoms with van der Waals surface area (Å²) < 4.78 is 39.4. The molecule has 2 aliphatic rings. The quantitative estimate of drug-likeness (QED) is 0.860. The van der Waals surface area contributed by atoms with Crippen LogP contribution in [-0.4, -0.2) is 66.2 Å². The Morgan fingerprint density at radius 2 is 2.05 bits per heavy atom. The Hall–Kier alpha value is -0.820. The van der Waals surface area contributed by atoms with E-state index in [1.807, 2.05) is 0 Å². The van der Waals surface area contributed by atoms with Gasteiger partial charge in [0.25, 0.3) is 0 Å². The second kappa shape index (κ2) is 6.52. The smallest absolute Gasteiger partial charge is 0.353 e. The number of carbonyl (C=O) groups is 1. The predicted octanol–water partition coefficient (Wildman–Crippen LogP) is 1.61. The highest BCUT2D eigenvalue weighted by molar-refractivity contribution is 5.78. The molecular weight excluding hydrogens is 283 g/mol. The first kappa shape index (κ1) is 16.5. The maximum Gasteiger partial charge on any atom is 0.405 e. The SMILES string of the molecule is CC(C)N1CCCCC1CN1CC(=O)NCC1C(F)(F)F. The molecule has 2 aliphatic heterocycles. The van der Waals surface area contributed by atoms with E-state index in [1.165, 1.54) is 4.90 Å². The van der Waals surface area contributed by atoms with Crippen molar-refractivity contribution in [2.75, 3.05) is 26.2 Å². The highest BCUT2D eigenvalue weighted by Gasteiger charge is 2.47. The van der Waals surface area contributed by atoms with Crippen molar-refractivity contribution in [3.8, 4) is 0 Å². The summed E-state index contributed by atoms with van der Waals surface area (Å²) in [5, 5.41) is 2.33. The first-order valence-electron chi connectivity index (χ1n) is 7.62. The number of carbonyl (C=O) groups excluding carboxylic acids is 1. The lowest BCUT2D eigenvalue weighted by Gasteiger charge is -2.44. The molecule has 0 spiro atoms. The van der Waals surface area contributed by atoms with E-state index in [1.54, 1.807) is 0 Å². The van der Waals surface area contributed by atoms with Crippen molar-refractivity contribution in [1.82, 2.24) is 15.1 Å². The Labute approximate surface area is 123 Å². The number of nitrogens with zero attached hydrogens (tertiary/aromatic N) is 2. The van der Waals surface area contributed by atoms with Crippen molar-refractivity contribution in [1.29, 1.82) is 0 Å². The summed E-state index contributed by atoms with van der Waals surface area (Å²) in [6.45, 7) is 4.89. The van der Waals surface area contributed by atoms with E-state index in [9.17, 15) is 18.0 Å². The maximum atomic E-state index is 13.1. The van der Waals surface area contributed by atoms with Crippen LogP contribution in [-0.2, 0) is 4.79 Å². The molecule has 2 saturated heterocycles. The Kier molecular flexibility index (Phi) is 5.14.